The molecule has 328 valence electrons. The Morgan fingerprint density at radius 1 is 0.524 bits per heavy atom. The predicted molar refractivity (Wildman–Crippen MR) is 266 cm³/mol. The van der Waals surface area contributed by atoms with Crippen molar-refractivity contribution in [1.29, 1.82) is 0 Å². The van der Waals surface area contributed by atoms with Gasteiger partial charge in [-0.3, -0.25) is 0 Å². The second-order valence-corrected chi connectivity index (χ2v) is 21.0. The van der Waals surface area contributed by atoms with Crippen LogP contribution in [0.3, 0.4) is 0 Å². The normalized spacial score (nSPS) is 18.0. The first-order valence-corrected chi connectivity index (χ1v) is 24.5. The van der Waals surface area contributed by atoms with E-state index >= 15 is 0 Å². The Kier molecular flexibility index (Phi) is 14.1. The highest BCUT2D eigenvalue weighted by Crippen LogP contribution is 2.57. The second kappa shape index (κ2) is 19.0. The molecular formula is C47H46N2O8S6. The standard InChI is InChI=1S/C47H46N2O8S6/c1-9-54-40(50)34-35(41(51)55-10-2)61-44(60-34)32-27-20-18-26(23-30(27)49-47(7,8)38(32)58)31(24-16-14-13-15-17-24)25-19-21-29-28(22-25)33(39(59)46(5,6)48-29)45-62-36(42(52)56-11-3)37(63-45)43(53)57-12-4/h13-23,31,48-49H,9-12H2,1-8H3/t31-/m1/s1. The van der Waals surface area contributed by atoms with Gasteiger partial charge in [0.25, 0.3) is 0 Å². The summed E-state index contributed by atoms with van der Waals surface area (Å²) in [5, 5.41) is 7.32. The van der Waals surface area contributed by atoms with E-state index in [1.165, 1.54) is 47.0 Å². The molecular weight excluding hydrogens is 913 g/mol. The molecule has 16 heteroatoms. The van der Waals surface area contributed by atoms with Gasteiger partial charge in [-0.15, -0.1) is 0 Å². The molecule has 7 rings (SSSR count). The molecule has 4 heterocycles. The van der Waals surface area contributed by atoms with Crippen molar-refractivity contribution in [3.05, 3.63) is 123 Å². The second-order valence-electron chi connectivity index (χ2n) is 15.5. The van der Waals surface area contributed by atoms with Crippen LogP contribution in [0.5, 0.6) is 0 Å². The first-order chi connectivity index (χ1) is 30.0. The summed E-state index contributed by atoms with van der Waals surface area (Å²) in [6.45, 7) is 15.6. The number of thioether (sulfide) groups is 4. The number of hydrogen-bond donors (Lipinski definition) is 2. The fraction of sp³-hybridized carbons (Fsp3) is 0.319. The van der Waals surface area contributed by atoms with Crippen LogP contribution in [0.25, 0.3) is 11.1 Å². The van der Waals surface area contributed by atoms with E-state index in [4.69, 9.17) is 43.4 Å². The molecule has 0 aliphatic carbocycles. The fourth-order valence-electron chi connectivity index (χ4n) is 7.53. The largest absolute Gasteiger partial charge is 0.462 e. The average molecular weight is 959 g/mol. The molecule has 4 aliphatic heterocycles. The third-order valence-electron chi connectivity index (χ3n) is 10.4. The lowest BCUT2D eigenvalue weighted by Gasteiger charge is -2.38. The summed E-state index contributed by atoms with van der Waals surface area (Å²) in [6.07, 6.45) is 0. The molecule has 3 aromatic carbocycles. The van der Waals surface area contributed by atoms with E-state index in [1.807, 2.05) is 52.0 Å². The molecule has 0 bridgehead atoms. The van der Waals surface area contributed by atoms with Gasteiger partial charge in [-0.25, -0.2) is 19.2 Å². The monoisotopic (exact) mass is 958 g/mol. The first-order valence-electron chi connectivity index (χ1n) is 20.4. The Morgan fingerprint density at radius 3 is 1.37 bits per heavy atom. The molecule has 3 aromatic rings. The minimum absolute atomic E-state index is 0.154. The zero-order valence-electron chi connectivity index (χ0n) is 36.0. The lowest BCUT2D eigenvalue weighted by atomic mass is 9.79. The lowest BCUT2D eigenvalue weighted by Crippen LogP contribution is -2.43. The Bertz CT molecular complexity index is 2530. The van der Waals surface area contributed by atoms with Crippen LogP contribution in [0, 0.1) is 0 Å². The van der Waals surface area contributed by atoms with Gasteiger partial charge < -0.3 is 29.6 Å². The van der Waals surface area contributed by atoms with Gasteiger partial charge in [0.15, 0.2) is 0 Å². The smallest absolute Gasteiger partial charge is 0.346 e. The number of hydrogen-bond acceptors (Lipinski definition) is 16. The average Bonchev–Trinajstić information content (AvgIpc) is 3.89. The van der Waals surface area contributed by atoms with Crippen LogP contribution in [0.15, 0.2) is 94.8 Å². The number of carbonyl (C=O) groups is 4. The summed E-state index contributed by atoms with van der Waals surface area (Å²) in [4.78, 5) is 54.8. The first kappa shape index (κ1) is 46.7. The zero-order valence-corrected chi connectivity index (χ0v) is 40.9. The van der Waals surface area contributed by atoms with Crippen molar-refractivity contribution in [2.24, 2.45) is 0 Å². The van der Waals surface area contributed by atoms with Gasteiger partial charge >= 0.3 is 23.9 Å². The van der Waals surface area contributed by atoms with Crippen molar-refractivity contribution < 1.29 is 38.1 Å². The van der Waals surface area contributed by atoms with Crippen molar-refractivity contribution in [1.82, 2.24) is 0 Å². The molecule has 4 aliphatic rings. The van der Waals surface area contributed by atoms with Crippen molar-refractivity contribution >= 4 is 128 Å². The van der Waals surface area contributed by atoms with Crippen LogP contribution >= 0.6 is 71.5 Å². The van der Waals surface area contributed by atoms with Crippen molar-refractivity contribution in [2.75, 3.05) is 37.1 Å². The fourth-order valence-corrected chi connectivity index (χ4v) is 13.4. The van der Waals surface area contributed by atoms with Crippen LogP contribution in [0.2, 0.25) is 0 Å². The van der Waals surface area contributed by atoms with E-state index in [1.54, 1.807) is 27.7 Å². The molecule has 2 N–H and O–H groups in total. The van der Waals surface area contributed by atoms with Crippen molar-refractivity contribution in [3.8, 4) is 0 Å². The molecule has 0 aromatic heterocycles. The van der Waals surface area contributed by atoms with E-state index < -0.39 is 35.0 Å². The van der Waals surface area contributed by atoms with Crippen LogP contribution in [-0.2, 0) is 38.1 Å². The van der Waals surface area contributed by atoms with Gasteiger partial charge in [0.1, 0.15) is 19.6 Å². The highest BCUT2D eigenvalue weighted by Gasteiger charge is 2.43. The molecule has 10 nitrogen and oxygen atoms in total. The minimum Gasteiger partial charge on any atom is -0.462 e. The topological polar surface area (TPSA) is 129 Å². The van der Waals surface area contributed by atoms with Crippen LogP contribution in [0.1, 0.15) is 89.1 Å². The molecule has 0 saturated heterocycles. The number of thiocarbonyl (C=S) groups is 2. The van der Waals surface area contributed by atoms with E-state index in [2.05, 4.69) is 53.1 Å². The number of ether oxygens (including phenoxy) is 4. The summed E-state index contributed by atoms with van der Waals surface area (Å²) in [5.74, 6) is -2.61. The molecule has 63 heavy (non-hydrogen) atoms. The summed E-state index contributed by atoms with van der Waals surface area (Å²) >= 11 is 17.1. The third kappa shape index (κ3) is 9.17. The van der Waals surface area contributed by atoms with E-state index in [-0.39, 0.29) is 52.0 Å². The molecule has 0 unspecified atom stereocenters. The maximum Gasteiger partial charge on any atom is 0.346 e. The minimum atomic E-state index is -0.681. The quantitative estimate of drug-likeness (QED) is 0.0621. The van der Waals surface area contributed by atoms with E-state index in [0.717, 1.165) is 50.3 Å². The van der Waals surface area contributed by atoms with E-state index in [0.29, 0.717) is 18.2 Å². The van der Waals surface area contributed by atoms with Gasteiger partial charge in [-0.2, -0.15) is 0 Å². The summed E-state index contributed by atoms with van der Waals surface area (Å²) in [7, 11) is 0. The maximum atomic E-state index is 13.2. The predicted octanol–water partition coefficient (Wildman–Crippen LogP) is 11.0. The zero-order chi connectivity index (χ0) is 45.4. The van der Waals surface area contributed by atoms with Gasteiger partial charge in [-0.1, -0.05) is 120 Å². The Morgan fingerprint density at radius 2 is 0.921 bits per heavy atom. The van der Waals surface area contributed by atoms with Crippen molar-refractivity contribution in [3.63, 3.8) is 0 Å². The van der Waals surface area contributed by atoms with Crippen molar-refractivity contribution in [2.45, 2.75) is 72.4 Å². The highest BCUT2D eigenvalue weighted by molar-refractivity contribution is 8.30. The number of benzene rings is 3. The molecule has 0 radical (unpaired) electrons. The lowest BCUT2D eigenvalue weighted by molar-refractivity contribution is -0.140. The summed E-state index contributed by atoms with van der Waals surface area (Å²) in [5.41, 5.74) is 6.61. The molecule has 0 fully saturated rings. The van der Waals surface area contributed by atoms with Crippen LogP contribution in [0.4, 0.5) is 11.4 Å². The molecule has 0 amide bonds. The number of anilines is 2. The van der Waals surface area contributed by atoms with Gasteiger partial charge in [0.2, 0.25) is 0 Å². The third-order valence-corrected chi connectivity index (χ3v) is 16.9. The Labute approximate surface area is 395 Å². The number of esters is 4. The van der Waals surface area contributed by atoms with E-state index in [9.17, 15) is 19.2 Å². The molecule has 0 spiro atoms. The van der Waals surface area contributed by atoms with Crippen LogP contribution in [-0.4, -0.2) is 71.1 Å². The SMILES string of the molecule is CCOC(=O)C1=C(C(=O)OCC)SC(=C2C(=S)C(C)(C)Nc3cc([C@H](c4ccccc4)c4ccc5c(c4)C(=C4SC(C(=O)OCC)=C(C(=O)OCC)S4)C(=S)C(C)(C)N5)ccc32)S1. The number of nitrogens with one attached hydrogen (secondary N) is 2. The van der Waals surface area contributed by atoms with Gasteiger partial charge in [0.05, 0.1) is 46.0 Å². The molecule has 0 saturated carbocycles. The Hall–Kier alpha value is -4.32. The Balaban J connectivity index is 1.36. The summed E-state index contributed by atoms with van der Waals surface area (Å²) < 4.78 is 22.9. The summed E-state index contributed by atoms with van der Waals surface area (Å²) in [6, 6.07) is 22.8. The number of rotatable bonds is 11. The maximum absolute atomic E-state index is 13.2. The van der Waals surface area contributed by atoms with Crippen LogP contribution < -0.4 is 10.6 Å². The molecule has 1 atom stereocenters. The van der Waals surface area contributed by atoms with Gasteiger partial charge in [-0.05, 0) is 90.3 Å². The van der Waals surface area contributed by atoms with Gasteiger partial charge in [0, 0.05) is 49.3 Å². The number of carbonyl (C=O) groups excluding carboxylic acids is 4. The highest BCUT2D eigenvalue weighted by atomic mass is 32.2. The number of fused-ring (bicyclic) bond motifs is 2.